The number of rotatable bonds is 7. The van der Waals surface area contributed by atoms with Crippen molar-refractivity contribution in [3.8, 4) is 0 Å². The molecule has 1 aliphatic rings. The molecule has 0 radical (unpaired) electrons. The van der Waals surface area contributed by atoms with E-state index in [0.717, 1.165) is 5.56 Å². The van der Waals surface area contributed by atoms with Gasteiger partial charge in [0.2, 0.25) is 0 Å². The van der Waals surface area contributed by atoms with Crippen LogP contribution in [0.1, 0.15) is 15.2 Å². The Morgan fingerprint density at radius 2 is 1.87 bits per heavy atom. The Balaban J connectivity index is 0.00000240. The zero-order chi connectivity index (χ0) is 20.9. The topological polar surface area (TPSA) is 123 Å². The maximum atomic E-state index is 12.8. The van der Waals surface area contributed by atoms with Crippen molar-refractivity contribution in [2.24, 2.45) is 0 Å². The number of esters is 1. The summed E-state index contributed by atoms with van der Waals surface area (Å²) in [6.07, 6.45) is 1.38. The van der Waals surface area contributed by atoms with E-state index < -0.39 is 5.97 Å². The lowest BCUT2D eigenvalue weighted by atomic mass is 10.2. The second-order valence-electron chi connectivity index (χ2n) is 6.95. The Kier molecular flexibility index (Phi) is 10.4. The van der Waals surface area contributed by atoms with Crippen molar-refractivity contribution < 1.29 is 40.5 Å². The lowest BCUT2D eigenvalue weighted by Crippen LogP contribution is -3.00. The Bertz CT molecular complexity index is 884. The van der Waals surface area contributed by atoms with Gasteiger partial charge < -0.3 is 42.1 Å². The van der Waals surface area contributed by atoms with E-state index in [-0.39, 0.29) is 49.7 Å². The van der Waals surface area contributed by atoms with Gasteiger partial charge in [-0.2, -0.15) is 0 Å². The van der Waals surface area contributed by atoms with Gasteiger partial charge in [-0.3, -0.25) is 9.59 Å². The summed E-state index contributed by atoms with van der Waals surface area (Å²) in [4.78, 5) is 37.6. The molecular formula is C18H25Cl2N5O5S. The smallest absolute Gasteiger partial charge is 0.350 e. The van der Waals surface area contributed by atoms with Crippen LogP contribution in [-0.2, 0) is 14.3 Å². The van der Waals surface area contributed by atoms with Crippen LogP contribution in [0.5, 0.6) is 0 Å². The highest BCUT2D eigenvalue weighted by atomic mass is 35.5. The van der Waals surface area contributed by atoms with Crippen LogP contribution in [-0.4, -0.2) is 73.8 Å². The van der Waals surface area contributed by atoms with Gasteiger partial charge in [-0.25, -0.2) is 4.79 Å². The van der Waals surface area contributed by atoms with Crippen molar-refractivity contribution in [3.05, 3.63) is 28.2 Å². The summed E-state index contributed by atoms with van der Waals surface area (Å²) in [6.45, 7) is 4.74. The van der Waals surface area contributed by atoms with Crippen molar-refractivity contribution >= 4 is 53.0 Å². The highest BCUT2D eigenvalue weighted by Crippen LogP contribution is 2.28. The molecule has 1 fully saturated rings. The third-order valence-corrected chi connectivity index (χ3v) is 5.88. The van der Waals surface area contributed by atoms with E-state index in [1.165, 1.54) is 24.7 Å². The third kappa shape index (κ3) is 6.91. The molecule has 0 bridgehead atoms. The Morgan fingerprint density at radius 3 is 2.45 bits per heavy atom. The number of aryl methyl sites for hydroxylation is 1. The molecule has 1 aliphatic heterocycles. The zero-order valence-electron chi connectivity index (χ0n) is 17.1. The van der Waals surface area contributed by atoms with Crippen LogP contribution in [0.15, 0.2) is 22.2 Å². The molecule has 0 aromatic carbocycles. The van der Waals surface area contributed by atoms with Crippen LogP contribution < -0.4 is 28.4 Å². The number of hydrogen-bond donors (Lipinski definition) is 3. The van der Waals surface area contributed by atoms with Crippen LogP contribution in [0.3, 0.4) is 0 Å². The molecule has 2 aromatic heterocycles. The number of ether oxygens (including phenoxy) is 1. The first-order valence-electron chi connectivity index (χ1n) is 9.15. The molecule has 2 amide bonds. The summed E-state index contributed by atoms with van der Waals surface area (Å²) >= 11 is 1.22. The van der Waals surface area contributed by atoms with E-state index >= 15 is 0 Å². The number of nitrogens with zero attached hydrogens (tertiary/aromatic N) is 2. The average Bonchev–Trinajstić information content (AvgIpc) is 3.32. The Morgan fingerprint density at radius 1 is 1.23 bits per heavy atom. The van der Waals surface area contributed by atoms with Crippen molar-refractivity contribution in [1.29, 1.82) is 0 Å². The summed E-state index contributed by atoms with van der Waals surface area (Å²) < 4.78 is 9.81. The fourth-order valence-corrected chi connectivity index (χ4v) is 4.25. The SMILES string of the molecule is COC(=O)c1scc(C)c1NC(=O)C[N+]1(CC(=O)Nc2ccon2)CCNCC1.Cl.[Cl-]. The number of thiophene rings is 1. The molecule has 172 valence electrons. The van der Waals surface area contributed by atoms with Crippen LogP contribution in [0.2, 0.25) is 0 Å². The predicted molar refractivity (Wildman–Crippen MR) is 114 cm³/mol. The predicted octanol–water partition coefficient (Wildman–Crippen LogP) is -1.75. The molecule has 0 aliphatic carbocycles. The van der Waals surface area contributed by atoms with Gasteiger partial charge >= 0.3 is 5.97 Å². The van der Waals surface area contributed by atoms with E-state index in [1.807, 2.05) is 6.92 Å². The molecule has 0 atom stereocenters. The molecule has 31 heavy (non-hydrogen) atoms. The van der Waals surface area contributed by atoms with Gasteiger partial charge in [0.15, 0.2) is 18.9 Å². The van der Waals surface area contributed by atoms with Gasteiger partial charge in [0.1, 0.15) is 11.1 Å². The summed E-state index contributed by atoms with van der Waals surface area (Å²) in [7, 11) is 1.30. The monoisotopic (exact) mass is 493 g/mol. The first-order valence-corrected chi connectivity index (χ1v) is 10.0. The molecule has 13 heteroatoms. The van der Waals surface area contributed by atoms with Gasteiger partial charge in [0, 0.05) is 19.2 Å². The third-order valence-electron chi connectivity index (χ3n) is 4.80. The minimum atomic E-state index is -0.489. The molecule has 10 nitrogen and oxygen atoms in total. The summed E-state index contributed by atoms with van der Waals surface area (Å²) in [5.74, 6) is -0.649. The summed E-state index contributed by atoms with van der Waals surface area (Å²) in [5.41, 5.74) is 1.26. The van der Waals surface area contributed by atoms with Gasteiger partial charge in [-0.1, -0.05) is 5.16 Å². The van der Waals surface area contributed by atoms with Gasteiger partial charge in [0.25, 0.3) is 11.8 Å². The second kappa shape index (κ2) is 12.0. The number of halogens is 2. The highest BCUT2D eigenvalue weighted by molar-refractivity contribution is 7.12. The molecule has 3 heterocycles. The fraction of sp³-hybridized carbons (Fsp3) is 0.444. The molecular weight excluding hydrogens is 469 g/mol. The largest absolute Gasteiger partial charge is 1.00 e. The minimum Gasteiger partial charge on any atom is -1.00 e. The summed E-state index contributed by atoms with van der Waals surface area (Å²) in [6, 6.07) is 1.56. The first-order chi connectivity index (χ1) is 13.9. The van der Waals surface area contributed by atoms with Crippen molar-refractivity contribution in [3.63, 3.8) is 0 Å². The number of aromatic nitrogens is 1. The molecule has 1 saturated heterocycles. The van der Waals surface area contributed by atoms with E-state index in [1.54, 1.807) is 11.4 Å². The molecule has 0 saturated carbocycles. The van der Waals surface area contributed by atoms with Crippen molar-refractivity contribution in [2.75, 3.05) is 57.0 Å². The number of piperazine rings is 1. The van der Waals surface area contributed by atoms with Gasteiger partial charge in [-0.05, 0) is 17.9 Å². The highest BCUT2D eigenvalue weighted by Gasteiger charge is 2.35. The molecule has 3 N–H and O–H groups in total. The minimum absolute atomic E-state index is 0. The first kappa shape index (κ1) is 26.9. The van der Waals surface area contributed by atoms with Crippen molar-refractivity contribution in [2.45, 2.75) is 6.92 Å². The maximum absolute atomic E-state index is 12.8. The molecule has 3 rings (SSSR count). The zero-order valence-corrected chi connectivity index (χ0v) is 19.5. The van der Waals surface area contributed by atoms with Gasteiger partial charge in [-0.15, -0.1) is 23.7 Å². The molecule has 2 aromatic rings. The quantitative estimate of drug-likeness (QED) is 0.309. The fourth-order valence-electron chi connectivity index (χ4n) is 3.33. The van der Waals surface area contributed by atoms with E-state index in [9.17, 15) is 14.4 Å². The van der Waals surface area contributed by atoms with Crippen LogP contribution in [0, 0.1) is 6.92 Å². The van der Waals surface area contributed by atoms with Crippen LogP contribution in [0.25, 0.3) is 0 Å². The summed E-state index contributed by atoms with van der Waals surface area (Å²) in [5, 5.41) is 14.2. The number of nitrogens with one attached hydrogen (secondary N) is 3. The number of anilines is 2. The van der Waals surface area contributed by atoms with Crippen molar-refractivity contribution in [1.82, 2.24) is 10.5 Å². The van der Waals surface area contributed by atoms with E-state index in [0.29, 0.717) is 47.0 Å². The van der Waals surface area contributed by atoms with Gasteiger partial charge in [0.05, 0.1) is 25.9 Å². The number of carbonyl (C=O) groups is 3. The second-order valence-corrected chi connectivity index (χ2v) is 7.83. The Hall–Kier alpha value is -2.18. The lowest BCUT2D eigenvalue weighted by molar-refractivity contribution is -0.914. The average molecular weight is 494 g/mol. The standard InChI is InChI=1S/C18H23N5O5S.2ClH/c1-12-11-29-17(18(26)27-2)16(12)21-15(25)10-23(6-4-19-5-7-23)9-14(24)20-13-3-8-28-22-13;;/h3,8,11,19H,4-7,9-10H2,1-2H3,(H-,20,21,22,24,25,26);2*1H. The van der Waals surface area contributed by atoms with Crippen LogP contribution in [0.4, 0.5) is 11.5 Å². The molecule has 0 spiro atoms. The Labute approximate surface area is 196 Å². The number of quaternary nitrogens is 1. The van der Waals surface area contributed by atoms with Crippen LogP contribution >= 0.6 is 23.7 Å². The number of hydrogen-bond acceptors (Lipinski definition) is 8. The number of amides is 2. The number of carbonyl (C=O) groups excluding carboxylic acids is 3. The van der Waals surface area contributed by atoms with E-state index in [4.69, 9.17) is 9.26 Å². The maximum Gasteiger partial charge on any atom is 0.350 e. The van der Waals surface area contributed by atoms with E-state index in [2.05, 4.69) is 21.1 Å². The number of methoxy groups -OCH3 is 1. The normalized spacial score (nSPS) is 14.5. The molecule has 0 unspecified atom stereocenters. The lowest BCUT2D eigenvalue weighted by Gasteiger charge is -2.40.